The molecule has 4 heteroatoms. The number of hydrogen-bond acceptors (Lipinski definition) is 2. The molecule has 1 aliphatic heterocycles. The van der Waals surface area contributed by atoms with Crippen molar-refractivity contribution >= 4 is 11.9 Å². The van der Waals surface area contributed by atoms with E-state index in [0.717, 1.165) is 11.1 Å². The van der Waals surface area contributed by atoms with Gasteiger partial charge in [-0.25, -0.2) is 4.79 Å². The number of hydrogen-bond donors (Lipinski definition) is 1. The quantitative estimate of drug-likeness (QED) is 0.942. The molecule has 1 heterocycles. The van der Waals surface area contributed by atoms with E-state index >= 15 is 0 Å². The number of fused-ring (bicyclic) bond motifs is 1. The van der Waals surface area contributed by atoms with Gasteiger partial charge in [-0.15, -0.1) is 0 Å². The number of amides is 1. The number of benzene rings is 2. The minimum atomic E-state index is -0.948. The van der Waals surface area contributed by atoms with Crippen LogP contribution in [0.25, 0.3) is 0 Å². The van der Waals surface area contributed by atoms with Crippen LogP contribution in [0, 0.1) is 0 Å². The number of carboxylic acid groups (broad SMARTS) is 1. The molecule has 1 atom stereocenters. The monoisotopic (exact) mass is 295 g/mol. The zero-order chi connectivity index (χ0) is 15.5. The van der Waals surface area contributed by atoms with Gasteiger partial charge in [0.25, 0.3) is 5.91 Å². The Morgan fingerprint density at radius 3 is 2.50 bits per heavy atom. The van der Waals surface area contributed by atoms with Crippen molar-refractivity contribution in [1.82, 2.24) is 4.90 Å². The molecule has 0 spiro atoms. The molecule has 112 valence electrons. The lowest BCUT2D eigenvalue weighted by Gasteiger charge is -2.34. The summed E-state index contributed by atoms with van der Waals surface area (Å²) in [6, 6.07) is 16.3. The first-order valence-electron chi connectivity index (χ1n) is 7.32. The van der Waals surface area contributed by atoms with E-state index in [2.05, 4.69) is 0 Å². The summed E-state index contributed by atoms with van der Waals surface area (Å²) in [7, 11) is 0. The van der Waals surface area contributed by atoms with Crippen molar-refractivity contribution in [3.05, 3.63) is 71.3 Å². The minimum Gasteiger partial charge on any atom is -0.480 e. The second kappa shape index (κ2) is 6.02. The zero-order valence-corrected chi connectivity index (χ0v) is 12.1. The van der Waals surface area contributed by atoms with Crippen molar-refractivity contribution in [2.24, 2.45) is 0 Å². The highest BCUT2D eigenvalue weighted by Crippen LogP contribution is 2.23. The van der Waals surface area contributed by atoms with Gasteiger partial charge in [-0.1, -0.05) is 48.5 Å². The van der Waals surface area contributed by atoms with Crippen molar-refractivity contribution in [2.75, 3.05) is 6.54 Å². The Kier molecular flexibility index (Phi) is 3.92. The average molecular weight is 295 g/mol. The highest BCUT2D eigenvalue weighted by molar-refractivity contribution is 5.99. The molecule has 0 aromatic heterocycles. The van der Waals surface area contributed by atoms with Crippen molar-refractivity contribution < 1.29 is 14.7 Å². The normalized spacial score (nSPS) is 17.2. The van der Waals surface area contributed by atoms with Crippen LogP contribution < -0.4 is 0 Å². The smallest absolute Gasteiger partial charge is 0.326 e. The van der Waals surface area contributed by atoms with Gasteiger partial charge in [0.05, 0.1) is 0 Å². The summed E-state index contributed by atoms with van der Waals surface area (Å²) in [6.07, 6.45) is 1.02. The first kappa shape index (κ1) is 14.3. The maximum Gasteiger partial charge on any atom is 0.326 e. The lowest BCUT2D eigenvalue weighted by Crippen LogP contribution is -2.50. The topological polar surface area (TPSA) is 57.6 Å². The SMILES string of the molecule is O=C(O)[C@H]1Cc2ccccc2C(=O)N1CCc1ccccc1. The zero-order valence-electron chi connectivity index (χ0n) is 12.1. The van der Waals surface area contributed by atoms with Gasteiger partial charge in [-0.2, -0.15) is 0 Å². The maximum atomic E-state index is 12.6. The van der Waals surface area contributed by atoms with E-state index in [1.165, 1.54) is 4.90 Å². The summed E-state index contributed by atoms with van der Waals surface area (Å²) >= 11 is 0. The molecule has 0 aliphatic carbocycles. The van der Waals surface area contributed by atoms with Crippen LogP contribution in [0.2, 0.25) is 0 Å². The fraction of sp³-hybridized carbons (Fsp3) is 0.222. The number of carbonyl (C=O) groups is 2. The van der Waals surface area contributed by atoms with Gasteiger partial charge in [0, 0.05) is 18.5 Å². The maximum absolute atomic E-state index is 12.6. The number of aliphatic carboxylic acids is 1. The molecule has 0 saturated carbocycles. The highest BCUT2D eigenvalue weighted by Gasteiger charge is 2.35. The van der Waals surface area contributed by atoms with Gasteiger partial charge in [0.2, 0.25) is 0 Å². The lowest BCUT2D eigenvalue weighted by molar-refractivity contribution is -0.142. The van der Waals surface area contributed by atoms with Crippen molar-refractivity contribution in [1.29, 1.82) is 0 Å². The van der Waals surface area contributed by atoms with Gasteiger partial charge in [0.1, 0.15) is 6.04 Å². The third kappa shape index (κ3) is 2.72. The molecule has 0 saturated heterocycles. The van der Waals surface area contributed by atoms with Gasteiger partial charge in [0.15, 0.2) is 0 Å². The van der Waals surface area contributed by atoms with Crippen LogP contribution in [0.1, 0.15) is 21.5 Å². The summed E-state index contributed by atoms with van der Waals surface area (Å²) < 4.78 is 0. The Balaban J connectivity index is 1.84. The van der Waals surface area contributed by atoms with E-state index < -0.39 is 12.0 Å². The molecule has 1 amide bonds. The molecule has 3 rings (SSSR count). The Bertz CT molecular complexity index is 696. The van der Waals surface area contributed by atoms with E-state index in [4.69, 9.17) is 0 Å². The highest BCUT2D eigenvalue weighted by atomic mass is 16.4. The first-order valence-corrected chi connectivity index (χ1v) is 7.32. The first-order chi connectivity index (χ1) is 10.7. The third-order valence-corrected chi connectivity index (χ3v) is 4.07. The largest absolute Gasteiger partial charge is 0.480 e. The van der Waals surface area contributed by atoms with Crippen LogP contribution in [0.15, 0.2) is 54.6 Å². The van der Waals surface area contributed by atoms with Crippen molar-refractivity contribution in [2.45, 2.75) is 18.9 Å². The number of carboxylic acids is 1. The molecule has 1 aliphatic rings. The van der Waals surface area contributed by atoms with Crippen molar-refractivity contribution in [3.63, 3.8) is 0 Å². The predicted octanol–water partition coefficient (Wildman–Crippen LogP) is 2.38. The van der Waals surface area contributed by atoms with Crippen LogP contribution in [-0.4, -0.2) is 34.5 Å². The van der Waals surface area contributed by atoms with E-state index in [1.54, 1.807) is 6.07 Å². The van der Waals surface area contributed by atoms with E-state index in [-0.39, 0.29) is 5.91 Å². The van der Waals surface area contributed by atoms with Gasteiger partial charge in [-0.3, -0.25) is 4.79 Å². The van der Waals surface area contributed by atoms with Crippen molar-refractivity contribution in [3.8, 4) is 0 Å². The molecular weight excluding hydrogens is 278 g/mol. The van der Waals surface area contributed by atoms with E-state index in [0.29, 0.717) is 24.9 Å². The van der Waals surface area contributed by atoms with Gasteiger partial charge < -0.3 is 10.0 Å². The molecule has 0 unspecified atom stereocenters. The second-order valence-electron chi connectivity index (χ2n) is 5.45. The summed E-state index contributed by atoms with van der Waals surface area (Å²) in [5.74, 6) is -1.14. The molecule has 22 heavy (non-hydrogen) atoms. The van der Waals surface area contributed by atoms with Crippen LogP contribution in [0.4, 0.5) is 0 Å². The van der Waals surface area contributed by atoms with E-state index in [9.17, 15) is 14.7 Å². The fourth-order valence-corrected chi connectivity index (χ4v) is 2.89. The molecule has 0 fully saturated rings. The Labute approximate surface area is 129 Å². The Morgan fingerprint density at radius 1 is 1.09 bits per heavy atom. The lowest BCUT2D eigenvalue weighted by atomic mass is 9.93. The molecule has 0 radical (unpaired) electrons. The average Bonchev–Trinajstić information content (AvgIpc) is 2.54. The van der Waals surface area contributed by atoms with E-state index in [1.807, 2.05) is 48.5 Å². The Hall–Kier alpha value is -2.62. The summed E-state index contributed by atoms with van der Waals surface area (Å²) in [6.45, 7) is 0.411. The van der Waals surface area contributed by atoms with Gasteiger partial charge >= 0.3 is 5.97 Å². The summed E-state index contributed by atoms with van der Waals surface area (Å²) in [5, 5.41) is 9.46. The number of nitrogens with zero attached hydrogens (tertiary/aromatic N) is 1. The molecule has 2 aromatic rings. The molecule has 1 N–H and O–H groups in total. The third-order valence-electron chi connectivity index (χ3n) is 4.07. The molecular formula is C18H17NO3. The number of rotatable bonds is 4. The van der Waals surface area contributed by atoms with Crippen LogP contribution in [-0.2, 0) is 17.6 Å². The molecule has 2 aromatic carbocycles. The predicted molar refractivity (Wildman–Crippen MR) is 82.8 cm³/mol. The standard InChI is InChI=1S/C18H17NO3/c20-17-15-9-5-4-8-14(15)12-16(18(21)22)19(17)11-10-13-6-2-1-3-7-13/h1-9,16H,10-12H2,(H,21,22)/t16-/m1/s1. The van der Waals surface area contributed by atoms with Gasteiger partial charge in [-0.05, 0) is 23.6 Å². The van der Waals surface area contributed by atoms with Crippen LogP contribution in [0.3, 0.4) is 0 Å². The Morgan fingerprint density at radius 2 is 1.77 bits per heavy atom. The summed E-state index contributed by atoms with van der Waals surface area (Å²) in [5.41, 5.74) is 2.53. The summed E-state index contributed by atoms with van der Waals surface area (Å²) in [4.78, 5) is 25.6. The minimum absolute atomic E-state index is 0.190. The number of carbonyl (C=O) groups excluding carboxylic acids is 1. The fourth-order valence-electron chi connectivity index (χ4n) is 2.89. The molecule has 4 nitrogen and oxygen atoms in total. The second-order valence-corrected chi connectivity index (χ2v) is 5.45. The molecule has 0 bridgehead atoms. The van der Waals surface area contributed by atoms with Crippen LogP contribution >= 0.6 is 0 Å². The van der Waals surface area contributed by atoms with Crippen LogP contribution in [0.5, 0.6) is 0 Å².